The van der Waals surface area contributed by atoms with Gasteiger partial charge < -0.3 is 28.4 Å². The van der Waals surface area contributed by atoms with Gasteiger partial charge in [0.05, 0.1) is 34.4 Å². The number of methoxy groups -OCH3 is 3. The van der Waals surface area contributed by atoms with Crippen LogP contribution >= 0.6 is 0 Å². The quantitative estimate of drug-likeness (QED) is 0.594. The number of carbonyl (C=O) groups is 1. The van der Waals surface area contributed by atoms with Gasteiger partial charge in [0.1, 0.15) is 29.1 Å². The average Bonchev–Trinajstić information content (AvgIpc) is 3.58. The highest BCUT2D eigenvalue weighted by molar-refractivity contribution is 5.77. The molecule has 4 rings (SSSR count). The summed E-state index contributed by atoms with van der Waals surface area (Å²) >= 11 is 0. The zero-order valence-electron chi connectivity index (χ0n) is 19.1. The van der Waals surface area contributed by atoms with Crippen LogP contribution in [0, 0.1) is 6.92 Å². The minimum atomic E-state index is -0.0976. The van der Waals surface area contributed by atoms with E-state index in [1.807, 2.05) is 17.6 Å². The largest absolute Gasteiger partial charge is 0.496 e. The van der Waals surface area contributed by atoms with E-state index in [9.17, 15) is 9.59 Å². The standard InChI is InChI=1S/C24H30N2O6/c1-15-9-18(12-24(28)26(15)16-5-6-16)32-19-13-25(14-19)23(27)8-7-20-21(30-3)10-17(29-2)11-22(20)31-4/h9-12,16,19H,5-8,13-14H2,1-4H3. The predicted octanol–water partition coefficient (Wildman–Crippen LogP) is 2.74. The maximum absolute atomic E-state index is 12.7. The van der Waals surface area contributed by atoms with Crippen molar-refractivity contribution in [3.63, 3.8) is 0 Å². The van der Waals surface area contributed by atoms with Crippen LogP contribution in [0.3, 0.4) is 0 Å². The third kappa shape index (κ3) is 4.54. The van der Waals surface area contributed by atoms with Gasteiger partial charge in [0, 0.05) is 41.9 Å². The molecule has 1 aliphatic heterocycles. The summed E-state index contributed by atoms with van der Waals surface area (Å²) < 4.78 is 24.0. The topological polar surface area (TPSA) is 79.2 Å². The summed E-state index contributed by atoms with van der Waals surface area (Å²) in [5.41, 5.74) is 1.74. The maximum atomic E-state index is 12.7. The fourth-order valence-electron chi connectivity index (χ4n) is 4.17. The number of aryl methyl sites for hydroxylation is 1. The van der Waals surface area contributed by atoms with Crippen LogP contribution in [0.25, 0.3) is 0 Å². The zero-order valence-corrected chi connectivity index (χ0v) is 19.1. The predicted molar refractivity (Wildman–Crippen MR) is 119 cm³/mol. The molecule has 0 spiro atoms. The van der Waals surface area contributed by atoms with Crippen molar-refractivity contribution in [3.05, 3.63) is 45.9 Å². The number of rotatable bonds is 9. The third-order valence-corrected chi connectivity index (χ3v) is 6.06. The van der Waals surface area contributed by atoms with Crippen molar-refractivity contribution in [2.24, 2.45) is 0 Å². The number of nitrogens with zero attached hydrogens (tertiary/aromatic N) is 2. The molecular formula is C24H30N2O6. The summed E-state index contributed by atoms with van der Waals surface area (Å²) in [7, 11) is 4.75. The average molecular weight is 443 g/mol. The Bertz CT molecular complexity index is 1030. The Morgan fingerprint density at radius 2 is 1.62 bits per heavy atom. The van der Waals surface area contributed by atoms with E-state index < -0.39 is 0 Å². The van der Waals surface area contributed by atoms with E-state index in [1.54, 1.807) is 44.4 Å². The summed E-state index contributed by atoms with van der Waals surface area (Å²) in [6.07, 6.45) is 2.86. The molecule has 8 heteroatoms. The van der Waals surface area contributed by atoms with E-state index in [0.29, 0.717) is 55.0 Å². The number of likely N-dealkylation sites (tertiary alicyclic amines) is 1. The summed E-state index contributed by atoms with van der Waals surface area (Å²) in [5.74, 6) is 2.53. The molecule has 0 atom stereocenters. The van der Waals surface area contributed by atoms with Gasteiger partial charge in [0.15, 0.2) is 0 Å². The summed E-state index contributed by atoms with van der Waals surface area (Å²) in [5, 5.41) is 0. The highest BCUT2D eigenvalue weighted by atomic mass is 16.5. The molecule has 1 saturated carbocycles. The smallest absolute Gasteiger partial charge is 0.254 e. The molecule has 1 saturated heterocycles. The van der Waals surface area contributed by atoms with Gasteiger partial charge in [-0.05, 0) is 32.3 Å². The molecule has 2 aromatic rings. The third-order valence-electron chi connectivity index (χ3n) is 6.06. The molecule has 2 fully saturated rings. The second-order valence-electron chi connectivity index (χ2n) is 8.32. The monoisotopic (exact) mass is 442 g/mol. The van der Waals surface area contributed by atoms with Crippen LogP contribution in [-0.2, 0) is 11.2 Å². The first-order chi connectivity index (χ1) is 15.4. The molecule has 1 aliphatic carbocycles. The molecule has 1 aromatic heterocycles. The zero-order chi connectivity index (χ0) is 22.8. The van der Waals surface area contributed by atoms with Crippen LogP contribution in [0.2, 0.25) is 0 Å². The SMILES string of the molecule is COc1cc(OC)c(CCC(=O)N2CC(Oc3cc(C)n(C4CC4)c(=O)c3)C2)c(OC)c1. The lowest BCUT2D eigenvalue weighted by atomic mass is 10.0. The highest BCUT2D eigenvalue weighted by Gasteiger charge is 2.33. The van der Waals surface area contributed by atoms with E-state index in [1.165, 1.54) is 0 Å². The van der Waals surface area contributed by atoms with Crippen molar-refractivity contribution >= 4 is 5.91 Å². The van der Waals surface area contributed by atoms with Gasteiger partial charge in [0.25, 0.3) is 5.56 Å². The maximum Gasteiger partial charge on any atom is 0.254 e. The highest BCUT2D eigenvalue weighted by Crippen LogP contribution is 2.36. The molecule has 1 amide bonds. The van der Waals surface area contributed by atoms with Gasteiger partial charge in [-0.15, -0.1) is 0 Å². The molecule has 8 nitrogen and oxygen atoms in total. The number of aromatic nitrogens is 1. The Balaban J connectivity index is 1.31. The fraction of sp³-hybridized carbons (Fsp3) is 0.500. The number of amides is 1. The van der Waals surface area contributed by atoms with Crippen molar-refractivity contribution in [2.45, 2.75) is 44.8 Å². The molecular weight excluding hydrogens is 412 g/mol. The second kappa shape index (κ2) is 9.14. The van der Waals surface area contributed by atoms with E-state index in [4.69, 9.17) is 18.9 Å². The number of ether oxygens (including phenoxy) is 4. The number of pyridine rings is 1. The summed E-state index contributed by atoms with van der Waals surface area (Å²) in [6, 6.07) is 7.38. The van der Waals surface area contributed by atoms with E-state index in [2.05, 4.69) is 0 Å². The molecule has 0 bridgehead atoms. The van der Waals surface area contributed by atoms with Crippen molar-refractivity contribution in [1.82, 2.24) is 9.47 Å². The Kier molecular flexibility index (Phi) is 6.30. The Morgan fingerprint density at radius 1 is 0.969 bits per heavy atom. The molecule has 1 aromatic carbocycles. The van der Waals surface area contributed by atoms with Crippen LogP contribution < -0.4 is 24.5 Å². The summed E-state index contributed by atoms with van der Waals surface area (Å²) in [4.78, 5) is 26.8. The minimum absolute atomic E-state index is 0.0165. The Hall–Kier alpha value is -3.16. The molecule has 0 radical (unpaired) electrons. The lowest BCUT2D eigenvalue weighted by molar-refractivity contribution is -0.139. The number of hydrogen-bond donors (Lipinski definition) is 0. The molecule has 32 heavy (non-hydrogen) atoms. The molecule has 2 heterocycles. The van der Waals surface area contributed by atoms with Crippen molar-refractivity contribution < 1.29 is 23.7 Å². The number of carbonyl (C=O) groups excluding carboxylic acids is 1. The van der Waals surface area contributed by atoms with Crippen molar-refractivity contribution in [2.75, 3.05) is 34.4 Å². The Morgan fingerprint density at radius 3 is 2.16 bits per heavy atom. The van der Waals surface area contributed by atoms with Crippen molar-refractivity contribution in [1.29, 1.82) is 0 Å². The van der Waals surface area contributed by atoms with E-state index >= 15 is 0 Å². The lowest BCUT2D eigenvalue weighted by Gasteiger charge is -2.39. The van der Waals surface area contributed by atoms with Gasteiger partial charge in [0.2, 0.25) is 5.91 Å². The van der Waals surface area contributed by atoms with E-state index in [0.717, 1.165) is 24.1 Å². The first-order valence-electron chi connectivity index (χ1n) is 10.9. The van der Waals surface area contributed by atoms with Crippen LogP contribution in [0.5, 0.6) is 23.0 Å². The molecule has 2 aliphatic rings. The first-order valence-corrected chi connectivity index (χ1v) is 10.9. The Labute approximate surface area is 187 Å². The lowest BCUT2D eigenvalue weighted by Crippen LogP contribution is -2.56. The van der Waals surface area contributed by atoms with Gasteiger partial charge in [-0.3, -0.25) is 9.59 Å². The summed E-state index contributed by atoms with van der Waals surface area (Å²) in [6.45, 7) is 2.96. The molecule has 172 valence electrons. The van der Waals surface area contributed by atoms with Gasteiger partial charge >= 0.3 is 0 Å². The number of benzene rings is 1. The van der Waals surface area contributed by atoms with E-state index in [-0.39, 0.29) is 17.6 Å². The minimum Gasteiger partial charge on any atom is -0.496 e. The van der Waals surface area contributed by atoms with Gasteiger partial charge in [-0.1, -0.05) is 0 Å². The van der Waals surface area contributed by atoms with Crippen molar-refractivity contribution in [3.8, 4) is 23.0 Å². The van der Waals surface area contributed by atoms with Gasteiger partial charge in [-0.25, -0.2) is 0 Å². The van der Waals surface area contributed by atoms with Gasteiger partial charge in [-0.2, -0.15) is 0 Å². The first kappa shape index (κ1) is 22.0. The van der Waals surface area contributed by atoms with Crippen LogP contribution in [0.4, 0.5) is 0 Å². The normalized spacial score (nSPS) is 15.8. The number of hydrogen-bond acceptors (Lipinski definition) is 6. The fourth-order valence-corrected chi connectivity index (χ4v) is 4.17. The van der Waals surface area contributed by atoms with Crippen LogP contribution in [0.1, 0.15) is 36.6 Å². The van der Waals surface area contributed by atoms with Crippen LogP contribution in [-0.4, -0.2) is 55.9 Å². The molecule has 0 N–H and O–H groups in total. The van der Waals surface area contributed by atoms with Crippen LogP contribution in [0.15, 0.2) is 29.1 Å². The second-order valence-corrected chi connectivity index (χ2v) is 8.32. The molecule has 0 unspecified atom stereocenters.